The molecule has 0 saturated carbocycles. The first-order valence-corrected chi connectivity index (χ1v) is 6.84. The van der Waals surface area contributed by atoms with Crippen LogP contribution in [-0.4, -0.2) is 24.2 Å². The van der Waals surface area contributed by atoms with Crippen LogP contribution < -0.4 is 0 Å². The van der Waals surface area contributed by atoms with Crippen molar-refractivity contribution in [1.82, 2.24) is 4.90 Å². The quantitative estimate of drug-likeness (QED) is 0.810. The average Bonchev–Trinajstić information content (AvgIpc) is 2.53. The van der Waals surface area contributed by atoms with E-state index in [1.165, 1.54) is 0 Å². The van der Waals surface area contributed by atoms with Crippen molar-refractivity contribution in [1.29, 1.82) is 5.41 Å². The Balaban J connectivity index is 2.37. The summed E-state index contributed by atoms with van der Waals surface area (Å²) < 4.78 is 0. The number of hydrogen-bond acceptors (Lipinski definition) is 2. The molecule has 0 atom stereocenters. The van der Waals surface area contributed by atoms with Gasteiger partial charge in [-0.25, -0.2) is 0 Å². The molecule has 0 heterocycles. The van der Waals surface area contributed by atoms with Gasteiger partial charge >= 0.3 is 0 Å². The summed E-state index contributed by atoms with van der Waals surface area (Å²) in [4.78, 5) is 2.16. The van der Waals surface area contributed by atoms with Gasteiger partial charge in [-0.1, -0.05) is 60.7 Å². The van der Waals surface area contributed by atoms with Gasteiger partial charge < -0.3 is 10.3 Å². The van der Waals surface area contributed by atoms with Crippen LogP contribution in [0.25, 0.3) is 5.70 Å². The number of rotatable bonds is 5. The highest BCUT2D eigenvalue weighted by molar-refractivity contribution is 6.10. The summed E-state index contributed by atoms with van der Waals surface area (Å²) >= 11 is 0. The summed E-state index contributed by atoms with van der Waals surface area (Å²) in [5.74, 6) is 0. The average molecular weight is 264 g/mol. The van der Waals surface area contributed by atoms with Crippen LogP contribution in [0.2, 0.25) is 0 Å². The molecule has 0 aromatic heterocycles. The van der Waals surface area contributed by atoms with Gasteiger partial charge in [-0.3, -0.25) is 0 Å². The molecule has 0 fully saturated rings. The van der Waals surface area contributed by atoms with Crippen molar-refractivity contribution in [3.63, 3.8) is 0 Å². The van der Waals surface area contributed by atoms with Crippen molar-refractivity contribution in [3.05, 3.63) is 77.9 Å². The second kappa shape index (κ2) is 6.71. The van der Waals surface area contributed by atoms with Crippen LogP contribution in [0.5, 0.6) is 0 Å². The van der Waals surface area contributed by atoms with Gasteiger partial charge in [-0.2, -0.15) is 0 Å². The van der Waals surface area contributed by atoms with Crippen molar-refractivity contribution in [2.24, 2.45) is 0 Å². The van der Waals surface area contributed by atoms with Gasteiger partial charge in [0.05, 0.1) is 5.71 Å². The zero-order valence-electron chi connectivity index (χ0n) is 12.0. The largest absolute Gasteiger partial charge is 0.374 e. The fourth-order valence-corrected chi connectivity index (χ4v) is 2.03. The van der Waals surface area contributed by atoms with Crippen molar-refractivity contribution in [2.45, 2.75) is 6.92 Å². The molecule has 2 rings (SSSR count). The minimum Gasteiger partial charge on any atom is -0.374 e. The first kappa shape index (κ1) is 14.1. The van der Waals surface area contributed by atoms with E-state index in [9.17, 15) is 0 Å². The summed E-state index contributed by atoms with van der Waals surface area (Å²) in [5, 5.41) is 8.27. The second-order valence-corrected chi connectivity index (χ2v) is 4.69. The van der Waals surface area contributed by atoms with Crippen molar-refractivity contribution >= 4 is 11.4 Å². The minimum atomic E-state index is 0.532. The zero-order chi connectivity index (χ0) is 14.4. The first-order valence-electron chi connectivity index (χ1n) is 6.84. The Bertz CT molecular complexity index is 585. The highest BCUT2D eigenvalue weighted by Crippen LogP contribution is 2.18. The van der Waals surface area contributed by atoms with Gasteiger partial charge in [-0.15, -0.1) is 0 Å². The molecule has 0 spiro atoms. The van der Waals surface area contributed by atoms with Gasteiger partial charge in [-0.05, 0) is 24.1 Å². The van der Waals surface area contributed by atoms with Crippen LogP contribution in [0.1, 0.15) is 18.1 Å². The molecule has 0 unspecified atom stereocenters. The predicted molar refractivity (Wildman–Crippen MR) is 86.0 cm³/mol. The van der Waals surface area contributed by atoms with Crippen molar-refractivity contribution < 1.29 is 0 Å². The van der Waals surface area contributed by atoms with Crippen LogP contribution >= 0.6 is 0 Å². The highest BCUT2D eigenvalue weighted by Gasteiger charge is 2.07. The number of allylic oxidation sites excluding steroid dienone is 1. The highest BCUT2D eigenvalue weighted by atomic mass is 15.1. The lowest BCUT2D eigenvalue weighted by Crippen LogP contribution is -2.17. The lowest BCUT2D eigenvalue weighted by molar-refractivity contribution is 0.509. The summed E-state index contributed by atoms with van der Waals surface area (Å²) in [5.41, 5.74) is 3.68. The van der Waals surface area contributed by atoms with E-state index in [1.807, 2.05) is 54.6 Å². The molecule has 0 aliphatic carbocycles. The molecule has 102 valence electrons. The number of benzene rings is 2. The first-order chi connectivity index (χ1) is 9.72. The van der Waals surface area contributed by atoms with Crippen molar-refractivity contribution in [2.75, 3.05) is 13.6 Å². The van der Waals surface area contributed by atoms with Gasteiger partial charge in [0, 0.05) is 19.3 Å². The maximum absolute atomic E-state index is 8.27. The lowest BCUT2D eigenvalue weighted by atomic mass is 10.1. The molecule has 0 saturated heterocycles. The SMILES string of the molecule is CCN(C)/C(=C\C(=N)c1ccccc1)c1ccccc1. The Hall–Kier alpha value is -2.35. The van der Waals surface area contributed by atoms with E-state index < -0.39 is 0 Å². The molecule has 1 N–H and O–H groups in total. The minimum absolute atomic E-state index is 0.532. The van der Waals surface area contributed by atoms with Crippen molar-refractivity contribution in [3.8, 4) is 0 Å². The topological polar surface area (TPSA) is 27.1 Å². The Labute approximate surface area is 120 Å². The third kappa shape index (κ3) is 3.35. The summed E-state index contributed by atoms with van der Waals surface area (Å²) in [6.45, 7) is 3.02. The van der Waals surface area contributed by atoms with E-state index in [0.29, 0.717) is 5.71 Å². The molecular weight excluding hydrogens is 244 g/mol. The van der Waals surface area contributed by atoms with Crippen LogP contribution in [0.4, 0.5) is 0 Å². The predicted octanol–water partition coefficient (Wildman–Crippen LogP) is 4.05. The third-order valence-electron chi connectivity index (χ3n) is 3.32. The molecule has 20 heavy (non-hydrogen) atoms. The maximum atomic E-state index is 8.27. The van der Waals surface area contributed by atoms with Gasteiger partial charge in [0.1, 0.15) is 0 Å². The molecule has 2 heteroatoms. The standard InChI is InChI=1S/C18H20N2/c1-3-20(2)18(16-12-8-5-9-13-16)14-17(19)15-10-6-4-7-11-15/h4-14,19H,3H2,1-2H3/b18-14-,19-17?. The van der Waals surface area contributed by atoms with E-state index in [0.717, 1.165) is 23.4 Å². The van der Waals surface area contributed by atoms with E-state index in [2.05, 4.69) is 31.0 Å². The molecule has 2 aromatic carbocycles. The van der Waals surface area contributed by atoms with Crippen LogP contribution in [-0.2, 0) is 0 Å². The molecule has 0 aliphatic heterocycles. The number of hydrogen-bond donors (Lipinski definition) is 1. The monoisotopic (exact) mass is 264 g/mol. The Morgan fingerprint density at radius 1 is 0.950 bits per heavy atom. The maximum Gasteiger partial charge on any atom is 0.0633 e. The molecule has 2 aromatic rings. The Kier molecular flexibility index (Phi) is 4.72. The molecule has 0 radical (unpaired) electrons. The Morgan fingerprint density at radius 3 is 1.95 bits per heavy atom. The Morgan fingerprint density at radius 2 is 1.45 bits per heavy atom. The second-order valence-electron chi connectivity index (χ2n) is 4.69. The fraction of sp³-hybridized carbons (Fsp3) is 0.167. The normalized spacial score (nSPS) is 11.2. The van der Waals surface area contributed by atoms with E-state index in [-0.39, 0.29) is 0 Å². The molecule has 0 aliphatic rings. The molecule has 2 nitrogen and oxygen atoms in total. The molecule has 0 bridgehead atoms. The summed E-state index contributed by atoms with van der Waals surface area (Å²) in [7, 11) is 2.05. The molecule has 0 amide bonds. The van der Waals surface area contributed by atoms with Crippen LogP contribution in [0.15, 0.2) is 66.7 Å². The van der Waals surface area contributed by atoms with E-state index >= 15 is 0 Å². The van der Waals surface area contributed by atoms with Crippen LogP contribution in [0, 0.1) is 5.41 Å². The fourth-order valence-electron chi connectivity index (χ4n) is 2.03. The van der Waals surface area contributed by atoms with E-state index in [4.69, 9.17) is 5.41 Å². The zero-order valence-corrected chi connectivity index (χ0v) is 12.0. The summed E-state index contributed by atoms with van der Waals surface area (Å²) in [6.07, 6.45) is 1.94. The van der Waals surface area contributed by atoms with Gasteiger partial charge in [0.15, 0.2) is 0 Å². The number of nitrogens with one attached hydrogen (secondary N) is 1. The number of nitrogens with zero attached hydrogens (tertiary/aromatic N) is 1. The smallest absolute Gasteiger partial charge is 0.0633 e. The van der Waals surface area contributed by atoms with E-state index in [1.54, 1.807) is 0 Å². The summed E-state index contributed by atoms with van der Waals surface area (Å²) in [6, 6.07) is 20.0. The molecular formula is C18H20N2. The van der Waals surface area contributed by atoms with Gasteiger partial charge in [0.25, 0.3) is 0 Å². The third-order valence-corrected chi connectivity index (χ3v) is 3.32. The lowest BCUT2D eigenvalue weighted by Gasteiger charge is -2.21. The van der Waals surface area contributed by atoms with Gasteiger partial charge in [0.2, 0.25) is 0 Å². The van der Waals surface area contributed by atoms with Crippen LogP contribution in [0.3, 0.4) is 0 Å².